The van der Waals surface area contributed by atoms with Gasteiger partial charge in [-0.15, -0.1) is 0 Å². The van der Waals surface area contributed by atoms with Crippen LogP contribution in [0, 0.1) is 11.8 Å². The second-order valence-corrected chi connectivity index (χ2v) is 7.03. The number of rotatable bonds is 4. The van der Waals surface area contributed by atoms with Crippen LogP contribution in [0.15, 0.2) is 24.3 Å². The molecule has 1 saturated carbocycles. The van der Waals surface area contributed by atoms with Crippen molar-refractivity contribution < 1.29 is 5.11 Å². The van der Waals surface area contributed by atoms with Crippen LogP contribution in [0.25, 0.3) is 0 Å². The number of hydrogen-bond acceptors (Lipinski definition) is 3. The lowest BCUT2D eigenvalue weighted by Gasteiger charge is -2.49. The van der Waals surface area contributed by atoms with E-state index in [0.717, 1.165) is 23.9 Å². The molecule has 1 aliphatic carbocycles. The summed E-state index contributed by atoms with van der Waals surface area (Å²) in [6.45, 7) is 7.86. The van der Waals surface area contributed by atoms with E-state index >= 15 is 0 Å². The van der Waals surface area contributed by atoms with Gasteiger partial charge in [-0.2, -0.15) is 0 Å². The largest absolute Gasteiger partial charge is 0.508 e. The van der Waals surface area contributed by atoms with Crippen molar-refractivity contribution >= 4 is 0 Å². The number of nitrogens with zero attached hydrogens (tertiary/aromatic N) is 1. The topological polar surface area (TPSA) is 35.5 Å². The van der Waals surface area contributed by atoms with E-state index in [4.69, 9.17) is 0 Å². The van der Waals surface area contributed by atoms with Crippen LogP contribution in [-0.2, 0) is 6.54 Å². The summed E-state index contributed by atoms with van der Waals surface area (Å²) in [5, 5.41) is 13.7. The third-order valence-corrected chi connectivity index (χ3v) is 5.35. The summed E-state index contributed by atoms with van der Waals surface area (Å²) in [5.41, 5.74) is 1.02. The monoisotopic (exact) mass is 288 g/mol. The number of fused-ring (bicyclic) bond motifs is 2. The highest BCUT2D eigenvalue weighted by atomic mass is 16.3. The molecule has 1 aliphatic heterocycles. The Labute approximate surface area is 128 Å². The number of hydrogen-bond donors (Lipinski definition) is 2. The predicted octanol–water partition coefficient (Wildman–Crippen LogP) is 2.99. The maximum Gasteiger partial charge on any atom is 0.120 e. The number of phenolic OH excluding ortho intramolecular Hbond substituents is 1. The van der Waals surface area contributed by atoms with Crippen molar-refractivity contribution in [3.63, 3.8) is 0 Å². The number of likely N-dealkylation sites (tertiary alicyclic amines) is 1. The highest BCUT2D eigenvalue weighted by Crippen LogP contribution is 2.36. The number of para-hydroxylation sites is 1. The van der Waals surface area contributed by atoms with Gasteiger partial charge in [-0.25, -0.2) is 0 Å². The first-order valence-corrected chi connectivity index (χ1v) is 8.39. The van der Waals surface area contributed by atoms with Crippen molar-refractivity contribution in [1.82, 2.24) is 10.2 Å². The zero-order valence-electron chi connectivity index (χ0n) is 13.3. The van der Waals surface area contributed by atoms with Crippen LogP contribution in [-0.4, -0.2) is 35.2 Å². The first-order chi connectivity index (χ1) is 10.1. The highest BCUT2D eigenvalue weighted by Gasteiger charge is 2.39. The molecular formula is C18H28N2O. The third kappa shape index (κ3) is 3.24. The van der Waals surface area contributed by atoms with Gasteiger partial charge in [0.1, 0.15) is 5.75 Å². The molecule has 2 fully saturated rings. The smallest absolute Gasteiger partial charge is 0.120 e. The van der Waals surface area contributed by atoms with E-state index in [-0.39, 0.29) is 0 Å². The van der Waals surface area contributed by atoms with Gasteiger partial charge in [-0.3, -0.25) is 0 Å². The summed E-state index contributed by atoms with van der Waals surface area (Å²) in [6, 6.07) is 8.95. The molecule has 3 nitrogen and oxygen atoms in total. The molecule has 2 aliphatic rings. The fourth-order valence-corrected chi connectivity index (χ4v) is 4.12. The minimum absolute atomic E-state index is 0.412. The van der Waals surface area contributed by atoms with E-state index in [1.165, 1.54) is 32.4 Å². The Morgan fingerprint density at radius 3 is 2.48 bits per heavy atom. The summed E-state index contributed by atoms with van der Waals surface area (Å²) in [5.74, 6) is 1.95. The van der Waals surface area contributed by atoms with E-state index in [9.17, 15) is 5.11 Å². The minimum Gasteiger partial charge on any atom is -0.508 e. The summed E-state index contributed by atoms with van der Waals surface area (Å²) >= 11 is 0. The van der Waals surface area contributed by atoms with Crippen molar-refractivity contribution in [1.29, 1.82) is 0 Å². The van der Waals surface area contributed by atoms with Gasteiger partial charge in [0, 0.05) is 37.3 Å². The van der Waals surface area contributed by atoms with Gasteiger partial charge < -0.3 is 15.3 Å². The van der Waals surface area contributed by atoms with Crippen LogP contribution in [0.1, 0.15) is 38.7 Å². The molecular weight excluding hydrogens is 260 g/mol. The molecule has 0 amide bonds. The molecule has 1 saturated heterocycles. The van der Waals surface area contributed by atoms with Gasteiger partial charge in [-0.05, 0) is 44.6 Å². The molecule has 0 spiro atoms. The molecule has 2 unspecified atom stereocenters. The van der Waals surface area contributed by atoms with Crippen LogP contribution >= 0.6 is 0 Å². The lowest BCUT2D eigenvalue weighted by molar-refractivity contribution is 0.0289. The van der Waals surface area contributed by atoms with Gasteiger partial charge in [-0.1, -0.05) is 24.6 Å². The predicted molar refractivity (Wildman–Crippen MR) is 86.3 cm³/mol. The third-order valence-electron chi connectivity index (χ3n) is 5.35. The average Bonchev–Trinajstić information content (AvgIpc) is 2.45. The molecule has 1 aromatic carbocycles. The summed E-state index contributed by atoms with van der Waals surface area (Å²) in [4.78, 5) is 2.65. The lowest BCUT2D eigenvalue weighted by Crippen LogP contribution is -2.58. The van der Waals surface area contributed by atoms with Crippen molar-refractivity contribution in [2.24, 2.45) is 11.8 Å². The summed E-state index contributed by atoms with van der Waals surface area (Å²) < 4.78 is 0. The van der Waals surface area contributed by atoms with E-state index < -0.39 is 0 Å². The Morgan fingerprint density at radius 1 is 1.19 bits per heavy atom. The molecule has 3 heteroatoms. The first-order valence-electron chi connectivity index (χ1n) is 8.39. The maximum absolute atomic E-state index is 9.91. The summed E-state index contributed by atoms with van der Waals surface area (Å²) in [7, 11) is 0. The number of phenols is 1. The fourth-order valence-electron chi connectivity index (χ4n) is 4.12. The quantitative estimate of drug-likeness (QED) is 0.894. The Balaban J connectivity index is 1.64. The van der Waals surface area contributed by atoms with Crippen LogP contribution < -0.4 is 5.32 Å². The zero-order chi connectivity index (χ0) is 14.8. The van der Waals surface area contributed by atoms with Gasteiger partial charge in [0.05, 0.1) is 0 Å². The Hall–Kier alpha value is -1.06. The Bertz CT molecular complexity index is 460. The van der Waals surface area contributed by atoms with Crippen molar-refractivity contribution in [2.45, 2.75) is 51.7 Å². The molecule has 21 heavy (non-hydrogen) atoms. The normalized spacial score (nSPS) is 29.8. The second kappa shape index (κ2) is 6.37. The number of benzene rings is 1. The average molecular weight is 288 g/mol. The fraction of sp³-hybridized carbons (Fsp3) is 0.667. The lowest BCUT2D eigenvalue weighted by atomic mass is 9.73. The molecule has 1 heterocycles. The van der Waals surface area contributed by atoms with Crippen LogP contribution in [0.5, 0.6) is 5.75 Å². The number of piperidine rings is 1. The molecule has 0 radical (unpaired) electrons. The van der Waals surface area contributed by atoms with E-state index in [1.807, 2.05) is 18.2 Å². The van der Waals surface area contributed by atoms with Gasteiger partial charge in [0.2, 0.25) is 0 Å². The Kier molecular flexibility index (Phi) is 4.51. The first kappa shape index (κ1) is 14.9. The number of aromatic hydroxyl groups is 1. The van der Waals surface area contributed by atoms with Crippen LogP contribution in [0.4, 0.5) is 0 Å². The molecule has 116 valence electrons. The minimum atomic E-state index is 0.412. The zero-order valence-corrected chi connectivity index (χ0v) is 13.3. The van der Waals surface area contributed by atoms with Gasteiger partial charge in [0.15, 0.2) is 0 Å². The molecule has 0 aromatic heterocycles. The standard InChI is InChI=1S/C18H28N2O/c1-13(2)20-11-15-7-5-8-16(12-20)18(15)19-10-14-6-3-4-9-17(14)21/h3-4,6,9,13,15-16,18-19,21H,5,7-8,10-12H2,1-2H3. The van der Waals surface area contributed by atoms with Gasteiger partial charge in [0.25, 0.3) is 0 Å². The molecule has 2 bridgehead atoms. The van der Waals surface area contributed by atoms with Crippen molar-refractivity contribution in [3.8, 4) is 5.75 Å². The molecule has 2 atom stereocenters. The van der Waals surface area contributed by atoms with E-state index in [0.29, 0.717) is 17.8 Å². The van der Waals surface area contributed by atoms with Gasteiger partial charge >= 0.3 is 0 Å². The summed E-state index contributed by atoms with van der Waals surface area (Å²) in [6.07, 6.45) is 4.08. The second-order valence-electron chi connectivity index (χ2n) is 7.03. The highest BCUT2D eigenvalue weighted by molar-refractivity contribution is 5.31. The molecule has 1 aromatic rings. The van der Waals surface area contributed by atoms with Crippen molar-refractivity contribution in [3.05, 3.63) is 29.8 Å². The SMILES string of the molecule is CC(C)N1CC2CCCC(C1)C2NCc1ccccc1O. The van der Waals surface area contributed by atoms with Crippen LogP contribution in [0.3, 0.4) is 0 Å². The van der Waals surface area contributed by atoms with Crippen LogP contribution in [0.2, 0.25) is 0 Å². The van der Waals surface area contributed by atoms with E-state index in [1.54, 1.807) is 6.07 Å². The molecule has 3 rings (SSSR count). The molecule has 2 N–H and O–H groups in total. The maximum atomic E-state index is 9.91. The van der Waals surface area contributed by atoms with Crippen molar-refractivity contribution in [2.75, 3.05) is 13.1 Å². The number of nitrogens with one attached hydrogen (secondary N) is 1. The van der Waals surface area contributed by atoms with E-state index in [2.05, 4.69) is 24.1 Å². The Morgan fingerprint density at radius 2 is 1.86 bits per heavy atom.